The number of halogens is 1. The van der Waals surface area contributed by atoms with Gasteiger partial charge in [-0.05, 0) is 60.5 Å². The standard InChI is InChI=1S/C27H30ClN3O5S/c1-4-25(27(33)29-2)30(18-20-10-12-21(28)13-11-20)26(32)19-31(22-8-6-5-7-9-22)37(34,35)24-16-14-23(36-3)15-17-24/h5-17,25H,4,18-19H2,1-3H3,(H,29,33)/t25-/m1/s1. The maximum Gasteiger partial charge on any atom is 0.264 e. The summed E-state index contributed by atoms with van der Waals surface area (Å²) in [6.45, 7) is 1.40. The van der Waals surface area contributed by atoms with Crippen LogP contribution < -0.4 is 14.4 Å². The molecule has 3 aromatic carbocycles. The number of rotatable bonds is 11. The van der Waals surface area contributed by atoms with E-state index in [1.807, 2.05) is 0 Å². The van der Waals surface area contributed by atoms with Gasteiger partial charge in [-0.15, -0.1) is 0 Å². The zero-order valence-electron chi connectivity index (χ0n) is 20.9. The number of anilines is 1. The van der Waals surface area contributed by atoms with Crippen molar-refractivity contribution in [3.05, 3.63) is 89.4 Å². The van der Waals surface area contributed by atoms with Crippen LogP contribution in [-0.4, -0.2) is 51.9 Å². The smallest absolute Gasteiger partial charge is 0.264 e. The van der Waals surface area contributed by atoms with Crippen molar-refractivity contribution < 1.29 is 22.7 Å². The summed E-state index contributed by atoms with van der Waals surface area (Å²) in [6, 6.07) is 20.5. The minimum absolute atomic E-state index is 0.00699. The van der Waals surface area contributed by atoms with E-state index in [2.05, 4.69) is 5.32 Å². The quantitative estimate of drug-likeness (QED) is 0.393. The third-order valence-electron chi connectivity index (χ3n) is 5.87. The molecule has 0 saturated carbocycles. The molecule has 196 valence electrons. The number of hydrogen-bond acceptors (Lipinski definition) is 5. The zero-order valence-corrected chi connectivity index (χ0v) is 22.5. The number of benzene rings is 3. The van der Waals surface area contributed by atoms with Crippen LogP contribution in [0.2, 0.25) is 5.02 Å². The number of likely N-dealkylation sites (N-methyl/N-ethyl adjacent to an activating group) is 1. The lowest BCUT2D eigenvalue weighted by Gasteiger charge is -2.33. The molecule has 2 amide bonds. The molecule has 0 heterocycles. The van der Waals surface area contributed by atoms with Gasteiger partial charge >= 0.3 is 0 Å². The fourth-order valence-electron chi connectivity index (χ4n) is 3.87. The summed E-state index contributed by atoms with van der Waals surface area (Å²) in [4.78, 5) is 27.9. The van der Waals surface area contributed by atoms with Gasteiger partial charge in [0.05, 0.1) is 17.7 Å². The van der Waals surface area contributed by atoms with Crippen molar-refractivity contribution in [2.75, 3.05) is 25.0 Å². The summed E-state index contributed by atoms with van der Waals surface area (Å²) in [6.07, 6.45) is 0.343. The molecule has 1 atom stereocenters. The number of para-hydroxylation sites is 1. The molecule has 0 aliphatic carbocycles. The molecule has 0 unspecified atom stereocenters. The van der Waals surface area contributed by atoms with Crippen molar-refractivity contribution in [1.82, 2.24) is 10.2 Å². The van der Waals surface area contributed by atoms with Crippen molar-refractivity contribution in [2.24, 2.45) is 0 Å². The normalized spacial score (nSPS) is 11.9. The average molecular weight is 544 g/mol. The Morgan fingerprint density at radius 2 is 1.59 bits per heavy atom. The van der Waals surface area contributed by atoms with Crippen LogP contribution >= 0.6 is 11.6 Å². The van der Waals surface area contributed by atoms with E-state index >= 15 is 0 Å². The van der Waals surface area contributed by atoms with Gasteiger partial charge in [0.2, 0.25) is 11.8 Å². The van der Waals surface area contributed by atoms with Crippen molar-refractivity contribution in [1.29, 1.82) is 0 Å². The predicted molar refractivity (Wildman–Crippen MR) is 144 cm³/mol. The van der Waals surface area contributed by atoms with E-state index in [9.17, 15) is 18.0 Å². The van der Waals surface area contributed by atoms with E-state index in [0.29, 0.717) is 22.9 Å². The molecule has 10 heteroatoms. The number of nitrogens with zero attached hydrogens (tertiary/aromatic N) is 2. The number of amides is 2. The van der Waals surface area contributed by atoms with E-state index < -0.39 is 28.5 Å². The second kappa shape index (κ2) is 12.6. The van der Waals surface area contributed by atoms with Crippen LogP contribution in [0.1, 0.15) is 18.9 Å². The Bertz CT molecular complexity index is 1300. The van der Waals surface area contributed by atoms with Crippen LogP contribution in [0.15, 0.2) is 83.8 Å². The molecule has 0 saturated heterocycles. The van der Waals surface area contributed by atoms with Gasteiger partial charge in [-0.1, -0.05) is 48.9 Å². The van der Waals surface area contributed by atoms with Crippen molar-refractivity contribution in [2.45, 2.75) is 30.8 Å². The lowest BCUT2D eigenvalue weighted by molar-refractivity contribution is -0.140. The molecule has 8 nitrogen and oxygen atoms in total. The number of ether oxygens (including phenoxy) is 1. The molecule has 37 heavy (non-hydrogen) atoms. The van der Waals surface area contributed by atoms with Crippen molar-refractivity contribution in [3.8, 4) is 5.75 Å². The number of nitrogens with one attached hydrogen (secondary N) is 1. The maximum atomic E-state index is 13.8. The first-order valence-corrected chi connectivity index (χ1v) is 13.5. The topological polar surface area (TPSA) is 96.0 Å². The molecule has 0 spiro atoms. The predicted octanol–water partition coefficient (Wildman–Crippen LogP) is 4.10. The number of carbonyl (C=O) groups is 2. The zero-order chi connectivity index (χ0) is 27.0. The molecule has 3 rings (SSSR count). The Kier molecular flexibility index (Phi) is 9.54. The third kappa shape index (κ3) is 6.81. The van der Waals surface area contributed by atoms with Crippen LogP contribution in [0.3, 0.4) is 0 Å². The summed E-state index contributed by atoms with van der Waals surface area (Å²) in [5.41, 5.74) is 1.08. The maximum absolute atomic E-state index is 13.8. The number of methoxy groups -OCH3 is 1. The summed E-state index contributed by atoms with van der Waals surface area (Å²) in [5.74, 6) is -0.354. The largest absolute Gasteiger partial charge is 0.497 e. The number of carbonyl (C=O) groups excluding carboxylic acids is 2. The van der Waals surface area contributed by atoms with Gasteiger partial charge in [0.1, 0.15) is 18.3 Å². The Morgan fingerprint density at radius 1 is 0.973 bits per heavy atom. The van der Waals surface area contributed by atoms with Crippen LogP contribution in [-0.2, 0) is 26.2 Å². The second-order valence-electron chi connectivity index (χ2n) is 8.21. The summed E-state index contributed by atoms with van der Waals surface area (Å²) >= 11 is 6.01. The van der Waals surface area contributed by atoms with Crippen LogP contribution in [0.25, 0.3) is 0 Å². The van der Waals surface area contributed by atoms with Gasteiger partial charge in [-0.3, -0.25) is 13.9 Å². The lowest BCUT2D eigenvalue weighted by Crippen LogP contribution is -2.51. The summed E-state index contributed by atoms with van der Waals surface area (Å²) in [5, 5.41) is 3.14. The number of hydrogen-bond donors (Lipinski definition) is 1. The Balaban J connectivity index is 2.02. The highest BCUT2D eigenvalue weighted by atomic mass is 35.5. The first-order valence-electron chi connectivity index (χ1n) is 11.7. The molecule has 0 fully saturated rings. The first-order chi connectivity index (χ1) is 17.7. The van der Waals surface area contributed by atoms with E-state index in [4.69, 9.17) is 16.3 Å². The summed E-state index contributed by atoms with van der Waals surface area (Å²) in [7, 11) is -1.14. The van der Waals surface area contributed by atoms with Crippen LogP contribution in [0.5, 0.6) is 5.75 Å². The molecule has 3 aromatic rings. The van der Waals surface area contributed by atoms with E-state index in [-0.39, 0.29) is 17.3 Å². The van der Waals surface area contributed by atoms with E-state index in [0.717, 1.165) is 9.87 Å². The first kappa shape index (κ1) is 28.0. The monoisotopic (exact) mass is 543 g/mol. The Hall–Kier alpha value is -3.56. The van der Waals surface area contributed by atoms with Crippen molar-refractivity contribution >= 4 is 39.1 Å². The van der Waals surface area contributed by atoms with E-state index in [1.54, 1.807) is 73.7 Å². The molecule has 0 aliphatic rings. The Labute approximate surface area is 222 Å². The molecule has 0 radical (unpaired) electrons. The third-order valence-corrected chi connectivity index (χ3v) is 7.91. The highest BCUT2D eigenvalue weighted by Crippen LogP contribution is 2.26. The average Bonchev–Trinajstić information content (AvgIpc) is 2.92. The molecule has 1 N–H and O–H groups in total. The van der Waals surface area contributed by atoms with Gasteiger partial charge in [0.25, 0.3) is 10.0 Å². The molecule has 0 aliphatic heterocycles. The fourth-order valence-corrected chi connectivity index (χ4v) is 5.41. The lowest BCUT2D eigenvalue weighted by atomic mass is 10.1. The fraction of sp³-hybridized carbons (Fsp3) is 0.259. The minimum Gasteiger partial charge on any atom is -0.497 e. The van der Waals surface area contributed by atoms with Gasteiger partial charge in [-0.25, -0.2) is 8.42 Å². The highest BCUT2D eigenvalue weighted by Gasteiger charge is 2.33. The number of sulfonamides is 1. The van der Waals surface area contributed by atoms with Gasteiger partial charge in [-0.2, -0.15) is 0 Å². The Morgan fingerprint density at radius 3 is 2.14 bits per heavy atom. The molecule has 0 bridgehead atoms. The molecular formula is C27H30ClN3O5S. The summed E-state index contributed by atoms with van der Waals surface area (Å²) < 4.78 is 33.7. The highest BCUT2D eigenvalue weighted by molar-refractivity contribution is 7.92. The van der Waals surface area contributed by atoms with Crippen molar-refractivity contribution in [3.63, 3.8) is 0 Å². The second-order valence-corrected chi connectivity index (χ2v) is 10.5. The molecule has 0 aromatic heterocycles. The SMILES string of the molecule is CC[C@H](C(=O)NC)N(Cc1ccc(Cl)cc1)C(=O)CN(c1ccccc1)S(=O)(=O)c1ccc(OC)cc1. The van der Waals surface area contributed by atoms with Crippen LogP contribution in [0, 0.1) is 0 Å². The van der Waals surface area contributed by atoms with Gasteiger partial charge in [0.15, 0.2) is 0 Å². The molecular weight excluding hydrogens is 514 g/mol. The van der Waals surface area contributed by atoms with Gasteiger partial charge < -0.3 is 15.0 Å². The van der Waals surface area contributed by atoms with E-state index in [1.165, 1.54) is 31.2 Å². The van der Waals surface area contributed by atoms with Gasteiger partial charge in [0, 0.05) is 18.6 Å². The van der Waals surface area contributed by atoms with Crippen LogP contribution in [0.4, 0.5) is 5.69 Å². The minimum atomic E-state index is -4.13.